The molecule has 3 nitrogen and oxygen atoms in total. The molecule has 0 aliphatic carbocycles. The Kier molecular flexibility index (Phi) is 3.74. The van der Waals surface area contributed by atoms with Gasteiger partial charge in [0.2, 0.25) is 0 Å². The first-order valence-corrected chi connectivity index (χ1v) is 4.89. The second-order valence-corrected chi connectivity index (χ2v) is 4.88. The van der Waals surface area contributed by atoms with Crippen molar-refractivity contribution < 1.29 is 9.46 Å². The number of halogens is 1. The number of hydrogen-bond acceptors (Lipinski definition) is 1. The summed E-state index contributed by atoms with van der Waals surface area (Å²) < 4.78 is 12.2. The minimum absolute atomic E-state index is 0.154. The van der Waals surface area contributed by atoms with Crippen molar-refractivity contribution in [2.75, 3.05) is 26.1 Å². The van der Waals surface area contributed by atoms with E-state index >= 15 is 0 Å². The van der Waals surface area contributed by atoms with Crippen molar-refractivity contribution in [1.29, 1.82) is 0 Å². The van der Waals surface area contributed by atoms with Gasteiger partial charge in [0.1, 0.15) is 0 Å². The largest absolute Gasteiger partial charge is 0.333 e. The quantitative estimate of drug-likeness (QED) is 0.508. The zero-order valence-electron chi connectivity index (χ0n) is 5.54. The highest BCUT2D eigenvalue weighted by Crippen LogP contribution is 2.41. The Morgan fingerprint density at radius 2 is 2.11 bits per heavy atom. The second kappa shape index (κ2) is 3.57. The van der Waals surface area contributed by atoms with Crippen LogP contribution in [-0.4, -0.2) is 35.7 Å². The molecule has 0 saturated heterocycles. The van der Waals surface area contributed by atoms with Gasteiger partial charge in [-0.3, -0.25) is 4.57 Å². The van der Waals surface area contributed by atoms with Crippen molar-refractivity contribution in [1.82, 2.24) is 4.67 Å². The molecule has 0 aliphatic rings. The Morgan fingerprint density at radius 3 is 2.22 bits per heavy atom. The van der Waals surface area contributed by atoms with Crippen LogP contribution in [0.25, 0.3) is 0 Å². The highest BCUT2D eigenvalue weighted by molar-refractivity contribution is 7.55. The predicted molar refractivity (Wildman–Crippen MR) is 39.1 cm³/mol. The lowest BCUT2D eigenvalue weighted by Crippen LogP contribution is -2.10. The molecule has 0 aromatic heterocycles. The number of rotatable bonds is 3. The van der Waals surface area contributed by atoms with Crippen LogP contribution in [0.5, 0.6) is 0 Å². The smallest absolute Gasteiger partial charge is 0.270 e. The summed E-state index contributed by atoms with van der Waals surface area (Å²) in [6.07, 6.45) is 0.154. The van der Waals surface area contributed by atoms with Crippen molar-refractivity contribution >= 4 is 19.1 Å². The maximum atomic E-state index is 10.9. The van der Waals surface area contributed by atoms with E-state index in [0.29, 0.717) is 0 Å². The van der Waals surface area contributed by atoms with Gasteiger partial charge in [-0.25, -0.2) is 4.67 Å². The molecule has 0 aromatic rings. The van der Waals surface area contributed by atoms with Crippen molar-refractivity contribution in [2.24, 2.45) is 0 Å². The Labute approximate surface area is 60.1 Å². The van der Waals surface area contributed by atoms with Gasteiger partial charge in [0.05, 0.1) is 6.16 Å². The van der Waals surface area contributed by atoms with Crippen LogP contribution in [0.2, 0.25) is 0 Å². The highest BCUT2D eigenvalue weighted by atomic mass is 35.5. The normalized spacial score (nSPS) is 17.9. The summed E-state index contributed by atoms with van der Waals surface area (Å²) in [6, 6.07) is 0. The van der Waals surface area contributed by atoms with Gasteiger partial charge in [0.15, 0.2) is 0 Å². The molecule has 0 aliphatic heterocycles. The molecule has 0 spiro atoms. The second-order valence-electron chi connectivity index (χ2n) is 1.92. The van der Waals surface area contributed by atoms with Crippen LogP contribution in [0.3, 0.4) is 0 Å². The Morgan fingerprint density at radius 1 is 1.67 bits per heavy atom. The molecule has 5 heteroatoms. The van der Waals surface area contributed by atoms with E-state index in [1.165, 1.54) is 4.67 Å². The van der Waals surface area contributed by atoms with Crippen LogP contribution < -0.4 is 0 Å². The highest BCUT2D eigenvalue weighted by Gasteiger charge is 2.19. The molecule has 0 rings (SSSR count). The summed E-state index contributed by atoms with van der Waals surface area (Å²) in [5.41, 5.74) is 0. The van der Waals surface area contributed by atoms with Gasteiger partial charge in [-0.15, -0.1) is 11.6 Å². The van der Waals surface area contributed by atoms with Gasteiger partial charge < -0.3 is 4.89 Å². The monoisotopic (exact) mass is 171 g/mol. The molecule has 1 atom stereocenters. The predicted octanol–water partition coefficient (Wildman–Crippen LogP) is 0.972. The molecule has 0 amide bonds. The lowest BCUT2D eigenvalue weighted by Gasteiger charge is -2.16. The van der Waals surface area contributed by atoms with E-state index in [9.17, 15) is 4.57 Å². The van der Waals surface area contributed by atoms with Gasteiger partial charge in [-0.05, 0) is 14.1 Å². The first-order chi connectivity index (χ1) is 4.00. The Bertz CT molecular complexity index is 128. The Balaban J connectivity index is 3.87. The fourth-order valence-corrected chi connectivity index (χ4v) is 1.59. The van der Waals surface area contributed by atoms with Crippen LogP contribution in [0.15, 0.2) is 0 Å². The molecule has 0 radical (unpaired) electrons. The SMILES string of the molecule is CN(C)P(=O)(O)CCCl. The first-order valence-electron chi connectivity index (χ1n) is 2.56. The first kappa shape index (κ1) is 9.44. The van der Waals surface area contributed by atoms with Crippen LogP contribution >= 0.6 is 19.1 Å². The van der Waals surface area contributed by atoms with Crippen molar-refractivity contribution in [3.05, 3.63) is 0 Å². The van der Waals surface area contributed by atoms with E-state index in [4.69, 9.17) is 16.5 Å². The third-order valence-corrected chi connectivity index (χ3v) is 3.51. The zero-order chi connectivity index (χ0) is 7.49. The summed E-state index contributed by atoms with van der Waals surface area (Å²) in [5, 5.41) is 0. The average molecular weight is 172 g/mol. The lowest BCUT2D eigenvalue weighted by atomic mass is 11.0. The topological polar surface area (TPSA) is 40.5 Å². The van der Waals surface area contributed by atoms with Gasteiger partial charge in [0.25, 0.3) is 7.52 Å². The molecule has 1 N–H and O–H groups in total. The van der Waals surface area contributed by atoms with Crippen LogP contribution in [0, 0.1) is 0 Å². The van der Waals surface area contributed by atoms with Gasteiger partial charge in [-0.1, -0.05) is 0 Å². The third kappa shape index (κ3) is 3.21. The summed E-state index contributed by atoms with van der Waals surface area (Å²) in [7, 11) is 0.0626. The minimum Gasteiger partial charge on any atom is -0.333 e. The number of alkyl halides is 1. The summed E-state index contributed by atoms with van der Waals surface area (Å²) in [4.78, 5) is 8.99. The van der Waals surface area contributed by atoms with Crippen LogP contribution in [-0.2, 0) is 4.57 Å². The maximum absolute atomic E-state index is 10.9. The fraction of sp³-hybridized carbons (Fsp3) is 1.00. The van der Waals surface area contributed by atoms with E-state index in [1.807, 2.05) is 0 Å². The van der Waals surface area contributed by atoms with Gasteiger partial charge >= 0.3 is 0 Å². The zero-order valence-corrected chi connectivity index (χ0v) is 7.19. The molecule has 9 heavy (non-hydrogen) atoms. The third-order valence-electron chi connectivity index (χ3n) is 1.00. The molecular weight excluding hydrogens is 160 g/mol. The van der Waals surface area contributed by atoms with E-state index in [0.717, 1.165) is 0 Å². The average Bonchev–Trinajstić information content (AvgIpc) is 1.65. The summed E-state index contributed by atoms with van der Waals surface area (Å²) in [5.74, 6) is 0.228. The molecule has 0 bridgehead atoms. The van der Waals surface area contributed by atoms with E-state index in [2.05, 4.69) is 0 Å². The van der Waals surface area contributed by atoms with Crippen molar-refractivity contribution in [2.45, 2.75) is 0 Å². The van der Waals surface area contributed by atoms with Gasteiger partial charge in [-0.2, -0.15) is 0 Å². The van der Waals surface area contributed by atoms with E-state index in [-0.39, 0.29) is 12.0 Å². The lowest BCUT2D eigenvalue weighted by molar-refractivity contribution is 0.412. The molecule has 56 valence electrons. The summed E-state index contributed by atoms with van der Waals surface area (Å²) in [6.45, 7) is 0. The molecule has 1 unspecified atom stereocenters. The molecular formula is C4H11ClNO2P. The molecule has 0 heterocycles. The fourth-order valence-electron chi connectivity index (χ4n) is 0.310. The van der Waals surface area contributed by atoms with Crippen LogP contribution in [0.1, 0.15) is 0 Å². The maximum Gasteiger partial charge on any atom is 0.270 e. The minimum atomic E-state index is -3.06. The van der Waals surface area contributed by atoms with Crippen molar-refractivity contribution in [3.8, 4) is 0 Å². The summed E-state index contributed by atoms with van der Waals surface area (Å²) >= 11 is 5.27. The molecule has 0 fully saturated rings. The van der Waals surface area contributed by atoms with Gasteiger partial charge in [0, 0.05) is 5.88 Å². The van der Waals surface area contributed by atoms with Crippen LogP contribution in [0.4, 0.5) is 0 Å². The van der Waals surface area contributed by atoms with Crippen molar-refractivity contribution in [3.63, 3.8) is 0 Å². The van der Waals surface area contributed by atoms with E-state index in [1.54, 1.807) is 14.1 Å². The Hall–Kier alpha value is 0.440. The molecule has 0 aromatic carbocycles. The molecule has 0 saturated carbocycles. The number of hydrogen-bond donors (Lipinski definition) is 1. The van der Waals surface area contributed by atoms with E-state index < -0.39 is 7.52 Å². The number of nitrogens with zero attached hydrogens (tertiary/aromatic N) is 1. The standard InChI is InChI=1S/C4H11ClNO2P/c1-6(2)9(7,8)4-3-5/h3-4H2,1-2H3,(H,7,8).